The number of rotatable bonds is 10. The first-order chi connectivity index (χ1) is 10.6. The number of nitrogens with two attached hydrogens (primary N) is 1. The molecule has 2 rings (SSSR count). The molecule has 2 aliphatic rings. The minimum absolute atomic E-state index is 0.0982. The van der Waals surface area contributed by atoms with Crippen LogP contribution in [0.1, 0.15) is 53.4 Å². The van der Waals surface area contributed by atoms with Gasteiger partial charge in [-0.2, -0.15) is 0 Å². The van der Waals surface area contributed by atoms with Crippen LogP contribution >= 0.6 is 0 Å². The van der Waals surface area contributed by atoms with Gasteiger partial charge in [-0.15, -0.1) is 0 Å². The van der Waals surface area contributed by atoms with E-state index in [9.17, 15) is 5.11 Å². The lowest BCUT2D eigenvalue weighted by molar-refractivity contribution is -0.0906. The Morgan fingerprint density at radius 1 is 1.35 bits per heavy atom. The highest BCUT2D eigenvalue weighted by Crippen LogP contribution is 2.35. The molecular weight excluding hydrogens is 289 g/mol. The van der Waals surface area contributed by atoms with Crippen molar-refractivity contribution in [3.63, 3.8) is 0 Å². The molecule has 0 spiro atoms. The second kappa shape index (κ2) is 7.22. The fourth-order valence-corrected chi connectivity index (χ4v) is 2.88. The number of aliphatic hydroxyl groups is 1. The molecule has 0 amide bonds. The van der Waals surface area contributed by atoms with E-state index in [1.807, 2.05) is 13.8 Å². The van der Waals surface area contributed by atoms with Gasteiger partial charge >= 0.3 is 0 Å². The van der Waals surface area contributed by atoms with E-state index < -0.39 is 11.2 Å². The summed E-state index contributed by atoms with van der Waals surface area (Å²) in [6.07, 6.45) is 4.58. The largest absolute Gasteiger partial charge is 0.431 e. The van der Waals surface area contributed by atoms with E-state index in [-0.39, 0.29) is 5.82 Å². The van der Waals surface area contributed by atoms with Gasteiger partial charge in [0.1, 0.15) is 0 Å². The Morgan fingerprint density at radius 3 is 2.43 bits per heavy atom. The van der Waals surface area contributed by atoms with E-state index in [4.69, 9.17) is 15.8 Å². The monoisotopic (exact) mass is 323 g/mol. The molecule has 0 bridgehead atoms. The zero-order valence-electron chi connectivity index (χ0n) is 15.2. The molecule has 0 radical (unpaired) electrons. The highest BCUT2D eigenvalue weighted by atomic mass is 16.5. The Hall–Kier alpha value is -0.425. The van der Waals surface area contributed by atoms with Gasteiger partial charge in [0.25, 0.3) is 7.48 Å². The van der Waals surface area contributed by atoms with Gasteiger partial charge in [0.05, 0.1) is 11.2 Å². The van der Waals surface area contributed by atoms with Crippen molar-refractivity contribution in [1.82, 2.24) is 5.32 Å². The molecule has 132 valence electrons. The standard InChI is InChI=1S/C17H34BN3O2/c1-16(2,22)17(3,4)23-18-14(15(20)12-5-6-12)10-21-13-7-11(8-13)9-19/h11-14,18,20-22H,5-10,19H2,1-4H3. The lowest BCUT2D eigenvalue weighted by Gasteiger charge is -2.39. The third-order valence-corrected chi connectivity index (χ3v) is 5.80. The Labute approximate surface area is 141 Å². The molecule has 0 aromatic rings. The molecule has 0 saturated heterocycles. The Morgan fingerprint density at radius 2 is 1.96 bits per heavy atom. The molecule has 1 atom stereocenters. The molecule has 1 unspecified atom stereocenters. The van der Waals surface area contributed by atoms with Crippen LogP contribution in [-0.4, -0.2) is 48.6 Å². The maximum atomic E-state index is 10.2. The molecule has 2 saturated carbocycles. The molecule has 2 fully saturated rings. The van der Waals surface area contributed by atoms with E-state index in [1.54, 1.807) is 13.8 Å². The predicted octanol–water partition coefficient (Wildman–Crippen LogP) is 1.45. The summed E-state index contributed by atoms with van der Waals surface area (Å²) in [5.74, 6) is 1.22. The normalized spacial score (nSPS) is 26.5. The van der Waals surface area contributed by atoms with Crippen LogP contribution in [-0.2, 0) is 4.65 Å². The molecule has 6 heteroatoms. The minimum Gasteiger partial charge on any atom is -0.431 e. The third kappa shape index (κ3) is 5.02. The second-order valence-electron chi connectivity index (χ2n) is 8.49. The SMILES string of the molecule is CC(C)(O)C(C)(C)OBC(CNC1CC(CN)C1)C(=N)C1CC1. The summed E-state index contributed by atoms with van der Waals surface area (Å²) in [5.41, 5.74) is 4.96. The molecule has 23 heavy (non-hydrogen) atoms. The van der Waals surface area contributed by atoms with Crippen molar-refractivity contribution in [3.8, 4) is 0 Å². The summed E-state index contributed by atoms with van der Waals surface area (Å²) in [6, 6.07) is 0.542. The highest BCUT2D eigenvalue weighted by molar-refractivity contribution is 6.38. The first-order valence-electron chi connectivity index (χ1n) is 9.02. The van der Waals surface area contributed by atoms with E-state index in [1.165, 1.54) is 0 Å². The maximum Gasteiger partial charge on any atom is 0.285 e. The summed E-state index contributed by atoms with van der Waals surface area (Å²) < 4.78 is 6.03. The van der Waals surface area contributed by atoms with Gasteiger partial charge in [0.2, 0.25) is 0 Å². The van der Waals surface area contributed by atoms with E-state index in [0.717, 1.165) is 44.5 Å². The summed E-state index contributed by atoms with van der Waals surface area (Å²) in [4.78, 5) is 0. The fourth-order valence-electron chi connectivity index (χ4n) is 2.88. The molecule has 0 aliphatic heterocycles. The summed E-state index contributed by atoms with van der Waals surface area (Å²) in [7, 11) is 0.492. The average Bonchev–Trinajstić information content (AvgIpc) is 3.22. The topological polar surface area (TPSA) is 91.4 Å². The fraction of sp³-hybridized carbons (Fsp3) is 0.941. The Kier molecular flexibility index (Phi) is 5.93. The van der Waals surface area contributed by atoms with Gasteiger partial charge < -0.3 is 26.2 Å². The third-order valence-electron chi connectivity index (χ3n) is 5.80. The first-order valence-corrected chi connectivity index (χ1v) is 9.02. The molecular formula is C17H34BN3O2. The number of nitrogens with one attached hydrogen (secondary N) is 2. The molecule has 5 N–H and O–H groups in total. The molecule has 2 aliphatic carbocycles. The van der Waals surface area contributed by atoms with Crippen LogP contribution in [0.15, 0.2) is 0 Å². The van der Waals surface area contributed by atoms with E-state index in [0.29, 0.717) is 25.4 Å². The number of hydrogen-bond donors (Lipinski definition) is 4. The molecule has 0 heterocycles. The lowest BCUT2D eigenvalue weighted by Crippen LogP contribution is -2.50. The molecule has 5 nitrogen and oxygen atoms in total. The van der Waals surface area contributed by atoms with Crippen molar-refractivity contribution < 1.29 is 9.76 Å². The van der Waals surface area contributed by atoms with Crippen LogP contribution in [0.3, 0.4) is 0 Å². The minimum atomic E-state index is -0.908. The molecule has 0 aromatic heterocycles. The van der Waals surface area contributed by atoms with Crippen LogP contribution in [0.5, 0.6) is 0 Å². The smallest absolute Gasteiger partial charge is 0.285 e. The predicted molar refractivity (Wildman–Crippen MR) is 96.4 cm³/mol. The van der Waals surface area contributed by atoms with Crippen LogP contribution in [0, 0.1) is 17.2 Å². The van der Waals surface area contributed by atoms with Crippen molar-refractivity contribution in [2.24, 2.45) is 17.6 Å². The van der Waals surface area contributed by atoms with Gasteiger partial charge in [-0.3, -0.25) is 0 Å². The maximum absolute atomic E-state index is 10.2. The highest BCUT2D eigenvalue weighted by Gasteiger charge is 2.39. The van der Waals surface area contributed by atoms with Crippen LogP contribution < -0.4 is 11.1 Å². The number of hydrogen-bond acceptors (Lipinski definition) is 5. The van der Waals surface area contributed by atoms with Crippen LogP contribution in [0.2, 0.25) is 5.82 Å². The van der Waals surface area contributed by atoms with Gasteiger partial charge in [-0.25, -0.2) is 0 Å². The van der Waals surface area contributed by atoms with Gasteiger partial charge in [0, 0.05) is 17.6 Å². The van der Waals surface area contributed by atoms with E-state index in [2.05, 4.69) is 5.32 Å². The second-order valence-corrected chi connectivity index (χ2v) is 8.49. The Bertz CT molecular complexity index is 413. The average molecular weight is 323 g/mol. The van der Waals surface area contributed by atoms with Crippen LogP contribution in [0.25, 0.3) is 0 Å². The van der Waals surface area contributed by atoms with Crippen molar-refractivity contribution in [1.29, 1.82) is 5.41 Å². The van der Waals surface area contributed by atoms with Crippen molar-refractivity contribution in [3.05, 3.63) is 0 Å². The lowest BCUT2D eigenvalue weighted by atomic mass is 9.72. The Balaban J connectivity index is 1.83. The summed E-state index contributed by atoms with van der Waals surface area (Å²) in [5, 5.41) is 22.2. The summed E-state index contributed by atoms with van der Waals surface area (Å²) >= 11 is 0. The van der Waals surface area contributed by atoms with Gasteiger partial charge in [-0.1, -0.05) is 0 Å². The van der Waals surface area contributed by atoms with Crippen LogP contribution in [0.4, 0.5) is 0 Å². The zero-order chi connectivity index (χ0) is 17.3. The first kappa shape index (κ1) is 18.9. The van der Waals surface area contributed by atoms with Crippen molar-refractivity contribution in [2.75, 3.05) is 13.1 Å². The van der Waals surface area contributed by atoms with Gasteiger partial charge in [0.15, 0.2) is 0 Å². The van der Waals surface area contributed by atoms with Crippen molar-refractivity contribution in [2.45, 2.75) is 76.4 Å². The van der Waals surface area contributed by atoms with Gasteiger partial charge in [-0.05, 0) is 78.3 Å². The van der Waals surface area contributed by atoms with Crippen molar-refractivity contribution >= 4 is 13.2 Å². The molecule has 0 aromatic carbocycles. The quantitative estimate of drug-likeness (QED) is 0.362. The van der Waals surface area contributed by atoms with E-state index >= 15 is 0 Å². The summed E-state index contributed by atoms with van der Waals surface area (Å²) in [6.45, 7) is 8.94. The zero-order valence-corrected chi connectivity index (χ0v) is 15.2.